The molecule has 1 aliphatic rings. The first-order valence-corrected chi connectivity index (χ1v) is 11.5. The minimum atomic E-state index is -0.400. The van der Waals surface area contributed by atoms with Crippen molar-refractivity contribution in [2.24, 2.45) is 5.10 Å². The fraction of sp³-hybridized carbons (Fsp3) is 0.231. The predicted octanol–water partition coefficient (Wildman–Crippen LogP) is 7.37. The van der Waals surface area contributed by atoms with Crippen molar-refractivity contribution in [3.63, 3.8) is 0 Å². The third-order valence-corrected chi connectivity index (χ3v) is 6.33. The normalized spacial score (nSPS) is 17.8. The van der Waals surface area contributed by atoms with E-state index in [1.54, 1.807) is 29.3 Å². The van der Waals surface area contributed by atoms with Crippen LogP contribution in [-0.4, -0.2) is 23.3 Å². The summed E-state index contributed by atoms with van der Waals surface area (Å²) in [5.41, 5.74) is 3.29. The molecule has 1 heterocycles. The van der Waals surface area contributed by atoms with Gasteiger partial charge in [0.1, 0.15) is 0 Å². The summed E-state index contributed by atoms with van der Waals surface area (Å²) < 4.78 is 0. The van der Waals surface area contributed by atoms with E-state index in [1.807, 2.05) is 42.5 Å². The quantitative estimate of drug-likeness (QED) is 0.405. The van der Waals surface area contributed by atoms with Gasteiger partial charge < -0.3 is 5.32 Å². The van der Waals surface area contributed by atoms with Gasteiger partial charge in [0.15, 0.2) is 0 Å². The highest BCUT2D eigenvalue weighted by Crippen LogP contribution is 2.40. The molecule has 1 N–H and O–H groups in total. The molecule has 0 aromatic heterocycles. The van der Waals surface area contributed by atoms with Crippen molar-refractivity contribution in [3.05, 3.63) is 100 Å². The molecule has 32 heavy (non-hydrogen) atoms. The molecule has 164 valence electrons. The highest BCUT2D eigenvalue weighted by molar-refractivity contribution is 6.31. The molecule has 3 aromatic rings. The molecule has 2 amide bonds. The van der Waals surface area contributed by atoms with E-state index in [4.69, 9.17) is 28.3 Å². The molecule has 0 fully saturated rings. The van der Waals surface area contributed by atoms with Crippen LogP contribution in [0.5, 0.6) is 0 Å². The summed E-state index contributed by atoms with van der Waals surface area (Å²) >= 11 is 12.1. The van der Waals surface area contributed by atoms with Crippen molar-refractivity contribution in [1.82, 2.24) is 5.01 Å². The first-order valence-electron chi connectivity index (χ1n) is 10.8. The summed E-state index contributed by atoms with van der Waals surface area (Å²) in [5, 5.41) is 10.6. The van der Waals surface area contributed by atoms with E-state index in [2.05, 4.69) is 24.4 Å². The highest BCUT2D eigenvalue weighted by atomic mass is 35.5. The minimum Gasteiger partial charge on any atom is -0.306 e. The van der Waals surface area contributed by atoms with Crippen LogP contribution in [0.4, 0.5) is 10.5 Å². The molecule has 1 unspecified atom stereocenters. The maximum absolute atomic E-state index is 13.2. The number of amides is 2. The van der Waals surface area contributed by atoms with Crippen LogP contribution in [-0.2, 0) is 5.41 Å². The Morgan fingerprint density at radius 3 is 2.22 bits per heavy atom. The summed E-state index contributed by atoms with van der Waals surface area (Å²) in [5.74, 6) is 0. The smallest absolute Gasteiger partial charge is 0.306 e. The van der Waals surface area contributed by atoms with E-state index in [-0.39, 0.29) is 6.03 Å². The van der Waals surface area contributed by atoms with Gasteiger partial charge in [-0.1, -0.05) is 85.4 Å². The maximum atomic E-state index is 13.2. The number of hydrazone groups is 1. The Balaban J connectivity index is 1.74. The summed E-state index contributed by atoms with van der Waals surface area (Å²) in [4.78, 5) is 13.2. The molecule has 0 radical (unpaired) electrons. The number of nitrogens with one attached hydrogen (secondary N) is 1. The van der Waals surface area contributed by atoms with E-state index in [1.165, 1.54) is 0 Å². The molecule has 6 heteroatoms. The molecule has 1 aliphatic heterocycles. The molecule has 1 atom stereocenters. The van der Waals surface area contributed by atoms with E-state index in [0.717, 1.165) is 36.1 Å². The summed E-state index contributed by atoms with van der Waals surface area (Å²) in [6.45, 7) is 2.64. The molecule has 3 aromatic carbocycles. The topological polar surface area (TPSA) is 44.7 Å². The second-order valence-corrected chi connectivity index (χ2v) is 8.87. The van der Waals surface area contributed by atoms with Crippen LogP contribution in [0.3, 0.4) is 0 Å². The third-order valence-electron chi connectivity index (χ3n) is 5.82. The number of hydrogen-bond donors (Lipinski definition) is 1. The zero-order chi connectivity index (χ0) is 22.6. The van der Waals surface area contributed by atoms with Crippen molar-refractivity contribution in [2.75, 3.05) is 11.9 Å². The van der Waals surface area contributed by atoms with Gasteiger partial charge in [-0.3, -0.25) is 0 Å². The van der Waals surface area contributed by atoms with Crippen LogP contribution < -0.4 is 5.32 Å². The minimum absolute atomic E-state index is 0.270. The lowest BCUT2D eigenvalue weighted by molar-refractivity contribution is 0.212. The molecule has 4 rings (SSSR count). The van der Waals surface area contributed by atoms with E-state index in [9.17, 15) is 4.79 Å². The van der Waals surface area contributed by atoms with Gasteiger partial charge in [-0.15, -0.1) is 0 Å². The van der Waals surface area contributed by atoms with Crippen LogP contribution in [0.25, 0.3) is 0 Å². The van der Waals surface area contributed by atoms with Crippen LogP contribution in [0.2, 0.25) is 10.0 Å². The number of nitrogens with zero attached hydrogens (tertiary/aromatic N) is 2. The Hall–Kier alpha value is -2.82. The lowest BCUT2D eigenvalue weighted by Gasteiger charge is -2.31. The molecular weight excluding hydrogens is 441 g/mol. The van der Waals surface area contributed by atoms with Gasteiger partial charge in [0, 0.05) is 15.7 Å². The van der Waals surface area contributed by atoms with Crippen LogP contribution in [0, 0.1) is 0 Å². The number of anilines is 1. The summed E-state index contributed by atoms with van der Waals surface area (Å²) in [7, 11) is 0. The van der Waals surface area contributed by atoms with E-state index < -0.39 is 5.41 Å². The number of urea groups is 1. The van der Waals surface area contributed by atoms with Gasteiger partial charge in [-0.25, -0.2) is 9.80 Å². The number of carbonyl (C=O) groups excluding carboxylic acids is 1. The Labute approximate surface area is 198 Å². The fourth-order valence-corrected chi connectivity index (χ4v) is 4.42. The van der Waals surface area contributed by atoms with Crippen LogP contribution >= 0.6 is 23.2 Å². The number of rotatable bonds is 6. The second kappa shape index (κ2) is 9.76. The van der Waals surface area contributed by atoms with Crippen molar-refractivity contribution >= 4 is 40.6 Å². The molecule has 0 saturated heterocycles. The first-order chi connectivity index (χ1) is 15.5. The zero-order valence-electron chi connectivity index (χ0n) is 17.9. The highest BCUT2D eigenvalue weighted by Gasteiger charge is 2.45. The van der Waals surface area contributed by atoms with Crippen LogP contribution in [0.1, 0.15) is 37.3 Å². The molecule has 0 spiro atoms. The lowest BCUT2D eigenvalue weighted by Crippen LogP contribution is -2.41. The molecule has 4 nitrogen and oxygen atoms in total. The van der Waals surface area contributed by atoms with Crippen molar-refractivity contribution in [1.29, 1.82) is 0 Å². The molecular formula is C26H25Cl2N3O. The zero-order valence-corrected chi connectivity index (χ0v) is 19.4. The van der Waals surface area contributed by atoms with Gasteiger partial charge in [0.2, 0.25) is 0 Å². The number of carbonyl (C=O) groups is 1. The summed E-state index contributed by atoms with van der Waals surface area (Å²) in [6.07, 6.45) is 2.97. The fourth-order valence-electron chi connectivity index (χ4n) is 4.17. The van der Waals surface area contributed by atoms with Crippen LogP contribution in [0.15, 0.2) is 84.0 Å². The average Bonchev–Trinajstić information content (AvgIpc) is 3.21. The largest absolute Gasteiger partial charge is 0.342 e. The third kappa shape index (κ3) is 4.67. The van der Waals surface area contributed by atoms with Crippen molar-refractivity contribution < 1.29 is 4.79 Å². The Kier molecular flexibility index (Phi) is 6.83. The van der Waals surface area contributed by atoms with Gasteiger partial charge in [-0.2, -0.15) is 5.10 Å². The number of benzene rings is 3. The van der Waals surface area contributed by atoms with Gasteiger partial charge in [0.05, 0.1) is 17.7 Å². The second-order valence-electron chi connectivity index (χ2n) is 8.00. The first kappa shape index (κ1) is 22.4. The Morgan fingerprint density at radius 2 is 1.59 bits per heavy atom. The monoisotopic (exact) mass is 465 g/mol. The SMILES string of the molecule is CCCCC1(c2ccccc2)CN(C(=O)Nc2ccc(Cl)cc2)N=C1c1ccc(Cl)cc1. The van der Waals surface area contributed by atoms with Gasteiger partial charge >= 0.3 is 6.03 Å². The number of halogens is 2. The Bertz CT molecular complexity index is 1100. The van der Waals surface area contributed by atoms with E-state index >= 15 is 0 Å². The van der Waals surface area contributed by atoms with Gasteiger partial charge in [-0.05, 0) is 53.9 Å². The van der Waals surface area contributed by atoms with Gasteiger partial charge in [0.25, 0.3) is 0 Å². The van der Waals surface area contributed by atoms with Crippen molar-refractivity contribution in [2.45, 2.75) is 31.6 Å². The Morgan fingerprint density at radius 1 is 0.969 bits per heavy atom. The predicted molar refractivity (Wildman–Crippen MR) is 133 cm³/mol. The number of unbranched alkanes of at least 4 members (excludes halogenated alkanes) is 1. The standard InChI is InChI=1S/C26H25Cl2N3O/c1-2-3-17-26(20-7-5-4-6-8-20)18-31(25(32)29-23-15-13-22(28)14-16-23)30-24(26)19-9-11-21(27)12-10-19/h4-16H,2-3,17-18H2,1H3,(H,29,32). The lowest BCUT2D eigenvalue weighted by atomic mass is 9.71. The summed E-state index contributed by atoms with van der Waals surface area (Å²) in [6, 6.07) is 24.8. The maximum Gasteiger partial charge on any atom is 0.342 e. The molecule has 0 aliphatic carbocycles. The average molecular weight is 466 g/mol. The molecule has 0 bridgehead atoms. The van der Waals surface area contributed by atoms with E-state index in [0.29, 0.717) is 22.3 Å². The van der Waals surface area contributed by atoms with Crippen molar-refractivity contribution in [3.8, 4) is 0 Å². The number of hydrogen-bond acceptors (Lipinski definition) is 2. The molecule has 0 saturated carbocycles.